The molecule has 0 unspecified atom stereocenters. The molecular formula is C13H14ClN3O2. The van der Waals surface area contributed by atoms with E-state index in [-0.39, 0.29) is 12.2 Å². The quantitative estimate of drug-likeness (QED) is 0.688. The summed E-state index contributed by atoms with van der Waals surface area (Å²) in [5, 5.41) is 0.451. The van der Waals surface area contributed by atoms with Crippen LogP contribution in [0.4, 0.5) is 5.69 Å². The van der Waals surface area contributed by atoms with Gasteiger partial charge in [0.05, 0.1) is 12.1 Å². The Morgan fingerprint density at radius 1 is 1.53 bits per heavy atom. The van der Waals surface area contributed by atoms with Crippen LogP contribution in [0.5, 0.6) is 0 Å². The zero-order valence-electron chi connectivity index (χ0n) is 10.5. The van der Waals surface area contributed by atoms with Crippen molar-refractivity contribution in [1.82, 2.24) is 9.55 Å². The van der Waals surface area contributed by atoms with Crippen LogP contribution in [0.1, 0.15) is 16.2 Å². The number of esters is 1. The molecule has 0 aliphatic carbocycles. The Balaban J connectivity index is 1.94. The molecule has 0 aliphatic heterocycles. The molecule has 5 nitrogen and oxygen atoms in total. The van der Waals surface area contributed by atoms with Gasteiger partial charge in [-0.05, 0) is 25.1 Å². The van der Waals surface area contributed by atoms with Gasteiger partial charge in [-0.3, -0.25) is 0 Å². The fourth-order valence-corrected chi connectivity index (χ4v) is 1.83. The summed E-state index contributed by atoms with van der Waals surface area (Å²) >= 11 is 5.82. The Hall–Kier alpha value is -2.01. The van der Waals surface area contributed by atoms with Crippen LogP contribution in [-0.2, 0) is 11.3 Å². The second-order valence-electron chi connectivity index (χ2n) is 4.04. The van der Waals surface area contributed by atoms with Gasteiger partial charge in [-0.25, -0.2) is 9.78 Å². The van der Waals surface area contributed by atoms with Crippen LogP contribution in [0.25, 0.3) is 0 Å². The van der Waals surface area contributed by atoms with Crippen molar-refractivity contribution in [1.29, 1.82) is 0 Å². The summed E-state index contributed by atoms with van der Waals surface area (Å²) in [5.41, 5.74) is 6.35. The fraction of sp³-hybridized carbons (Fsp3) is 0.231. The van der Waals surface area contributed by atoms with Crippen LogP contribution in [0.2, 0.25) is 5.02 Å². The maximum absolute atomic E-state index is 11.8. The van der Waals surface area contributed by atoms with Gasteiger partial charge < -0.3 is 15.0 Å². The highest BCUT2D eigenvalue weighted by Crippen LogP contribution is 2.18. The first-order valence-electron chi connectivity index (χ1n) is 5.78. The lowest BCUT2D eigenvalue weighted by atomic mass is 10.2. The Kier molecular flexibility index (Phi) is 4.06. The minimum atomic E-state index is -0.474. The first-order chi connectivity index (χ1) is 9.08. The molecule has 1 aromatic heterocycles. The van der Waals surface area contributed by atoms with E-state index in [0.717, 1.165) is 5.82 Å². The SMILES string of the molecule is Cc1nccn1CCOC(=O)c1cc(Cl)ccc1N. The molecule has 6 heteroatoms. The summed E-state index contributed by atoms with van der Waals surface area (Å²) in [5.74, 6) is 0.399. The van der Waals surface area contributed by atoms with Gasteiger partial charge in [0.15, 0.2) is 0 Å². The van der Waals surface area contributed by atoms with E-state index in [4.69, 9.17) is 22.1 Å². The average molecular weight is 280 g/mol. The second-order valence-corrected chi connectivity index (χ2v) is 4.47. The fourth-order valence-electron chi connectivity index (χ4n) is 1.66. The minimum absolute atomic E-state index is 0.252. The number of carbonyl (C=O) groups is 1. The first kappa shape index (κ1) is 13.4. The van der Waals surface area contributed by atoms with E-state index in [2.05, 4.69) is 4.98 Å². The molecule has 0 spiro atoms. The van der Waals surface area contributed by atoms with Crippen molar-refractivity contribution < 1.29 is 9.53 Å². The zero-order chi connectivity index (χ0) is 13.8. The summed E-state index contributed by atoms with van der Waals surface area (Å²) in [6, 6.07) is 4.71. The van der Waals surface area contributed by atoms with Crippen LogP contribution in [0.15, 0.2) is 30.6 Å². The van der Waals surface area contributed by atoms with E-state index in [1.165, 1.54) is 6.07 Å². The van der Waals surface area contributed by atoms with Gasteiger partial charge in [0, 0.05) is 23.1 Å². The molecule has 0 saturated heterocycles. The average Bonchev–Trinajstić information content (AvgIpc) is 2.78. The van der Waals surface area contributed by atoms with Crippen molar-refractivity contribution in [3.63, 3.8) is 0 Å². The highest BCUT2D eigenvalue weighted by molar-refractivity contribution is 6.31. The summed E-state index contributed by atoms with van der Waals surface area (Å²) in [4.78, 5) is 15.9. The monoisotopic (exact) mass is 279 g/mol. The minimum Gasteiger partial charge on any atom is -0.460 e. The molecular weight excluding hydrogens is 266 g/mol. The maximum Gasteiger partial charge on any atom is 0.340 e. The Bertz CT molecular complexity index is 595. The van der Waals surface area contributed by atoms with Crippen molar-refractivity contribution in [2.24, 2.45) is 0 Å². The normalized spacial score (nSPS) is 10.4. The van der Waals surface area contributed by atoms with Crippen LogP contribution >= 0.6 is 11.6 Å². The number of aryl methyl sites for hydroxylation is 1. The molecule has 0 bridgehead atoms. The van der Waals surface area contributed by atoms with Gasteiger partial charge in [0.2, 0.25) is 0 Å². The number of nitrogens with two attached hydrogens (primary N) is 1. The van der Waals surface area contributed by atoms with Crippen molar-refractivity contribution in [2.75, 3.05) is 12.3 Å². The summed E-state index contributed by atoms with van der Waals surface area (Å²) < 4.78 is 7.06. The summed E-state index contributed by atoms with van der Waals surface area (Å²) in [6.07, 6.45) is 3.53. The lowest BCUT2D eigenvalue weighted by Crippen LogP contribution is -2.13. The standard InChI is InChI=1S/C13H14ClN3O2/c1-9-16-4-5-17(9)6-7-19-13(18)11-8-10(14)2-3-12(11)15/h2-5,8H,6-7,15H2,1H3. The van der Waals surface area contributed by atoms with Crippen molar-refractivity contribution >= 4 is 23.3 Å². The number of aromatic nitrogens is 2. The van der Waals surface area contributed by atoms with E-state index in [9.17, 15) is 4.79 Å². The molecule has 0 amide bonds. The van der Waals surface area contributed by atoms with Crippen LogP contribution in [-0.4, -0.2) is 22.1 Å². The van der Waals surface area contributed by atoms with Crippen molar-refractivity contribution in [2.45, 2.75) is 13.5 Å². The predicted octanol–water partition coefficient (Wildman–Crippen LogP) is 2.28. The molecule has 1 heterocycles. The number of ether oxygens (including phenoxy) is 1. The third-order valence-corrected chi connectivity index (χ3v) is 2.96. The lowest BCUT2D eigenvalue weighted by Gasteiger charge is -2.08. The molecule has 19 heavy (non-hydrogen) atoms. The van der Waals surface area contributed by atoms with E-state index >= 15 is 0 Å². The van der Waals surface area contributed by atoms with Crippen LogP contribution < -0.4 is 5.73 Å². The summed E-state index contributed by atoms with van der Waals surface area (Å²) in [7, 11) is 0. The van der Waals surface area contributed by atoms with Crippen LogP contribution in [0.3, 0.4) is 0 Å². The Labute approximate surface area is 116 Å². The van der Waals surface area contributed by atoms with Gasteiger partial charge in [0.1, 0.15) is 12.4 Å². The third-order valence-electron chi connectivity index (χ3n) is 2.72. The maximum atomic E-state index is 11.8. The number of nitrogen functional groups attached to an aromatic ring is 1. The Morgan fingerprint density at radius 3 is 3.00 bits per heavy atom. The molecule has 0 aliphatic rings. The van der Waals surface area contributed by atoms with Crippen molar-refractivity contribution in [3.05, 3.63) is 47.0 Å². The molecule has 100 valence electrons. The largest absolute Gasteiger partial charge is 0.460 e. The number of benzene rings is 1. The Morgan fingerprint density at radius 2 is 2.32 bits per heavy atom. The van der Waals surface area contributed by atoms with Crippen LogP contribution in [0, 0.1) is 6.92 Å². The lowest BCUT2D eigenvalue weighted by molar-refractivity contribution is 0.0492. The molecule has 0 radical (unpaired) electrons. The molecule has 0 saturated carbocycles. The van der Waals surface area contributed by atoms with Gasteiger partial charge >= 0.3 is 5.97 Å². The highest BCUT2D eigenvalue weighted by Gasteiger charge is 2.11. The number of carbonyl (C=O) groups excluding carboxylic acids is 1. The van der Waals surface area contributed by atoms with Gasteiger partial charge in [-0.2, -0.15) is 0 Å². The number of imidazole rings is 1. The number of nitrogens with zero attached hydrogens (tertiary/aromatic N) is 2. The number of hydrogen-bond donors (Lipinski definition) is 1. The summed E-state index contributed by atoms with van der Waals surface area (Å²) in [6.45, 7) is 2.69. The number of anilines is 1. The second kappa shape index (κ2) is 5.75. The van der Waals surface area contributed by atoms with Gasteiger partial charge in [-0.15, -0.1) is 0 Å². The zero-order valence-corrected chi connectivity index (χ0v) is 11.2. The smallest absolute Gasteiger partial charge is 0.340 e. The van der Waals surface area contributed by atoms with E-state index in [0.29, 0.717) is 17.3 Å². The predicted molar refractivity (Wildman–Crippen MR) is 73.1 cm³/mol. The van der Waals surface area contributed by atoms with Gasteiger partial charge in [-0.1, -0.05) is 11.6 Å². The van der Waals surface area contributed by atoms with E-state index in [1.54, 1.807) is 18.3 Å². The molecule has 2 N–H and O–H groups in total. The van der Waals surface area contributed by atoms with E-state index in [1.807, 2.05) is 17.7 Å². The van der Waals surface area contributed by atoms with Gasteiger partial charge in [0.25, 0.3) is 0 Å². The molecule has 1 aromatic carbocycles. The van der Waals surface area contributed by atoms with E-state index < -0.39 is 5.97 Å². The number of halogens is 1. The number of rotatable bonds is 4. The topological polar surface area (TPSA) is 70.1 Å². The molecule has 0 fully saturated rings. The highest BCUT2D eigenvalue weighted by atomic mass is 35.5. The molecule has 0 atom stereocenters. The molecule has 2 rings (SSSR count). The third kappa shape index (κ3) is 3.26. The first-order valence-corrected chi connectivity index (χ1v) is 6.15. The number of hydrogen-bond acceptors (Lipinski definition) is 4. The molecule has 2 aromatic rings. The van der Waals surface area contributed by atoms with Crippen molar-refractivity contribution in [3.8, 4) is 0 Å².